The Bertz CT molecular complexity index is 1360. The Morgan fingerprint density at radius 1 is 1.06 bits per heavy atom. The molecule has 1 aliphatic heterocycles. The topological polar surface area (TPSA) is 99.2 Å². The number of nitrogens with zero attached hydrogens (tertiary/aromatic N) is 3. The maximum absolute atomic E-state index is 12.6. The molecule has 2 N–H and O–H groups in total. The zero-order valence-corrected chi connectivity index (χ0v) is 17.0. The summed E-state index contributed by atoms with van der Waals surface area (Å²) >= 11 is 0. The molecule has 0 amide bonds. The third-order valence-corrected chi connectivity index (χ3v) is 5.24. The van der Waals surface area contributed by atoms with Gasteiger partial charge in [-0.2, -0.15) is 23.8 Å². The Morgan fingerprint density at radius 2 is 1.82 bits per heavy atom. The first-order valence-corrected chi connectivity index (χ1v) is 9.91. The van der Waals surface area contributed by atoms with E-state index in [1.54, 1.807) is 28.9 Å². The standard InChI is InChI=1S/C24H16F2N4O3/c25-24(26)32-16-10-8-14(9-11-16)19-17(13-27)22(28)33-23-20(19)21(18-7-4-12-31-18)29-30(23)15-5-2-1-3-6-15/h1-12,19,24H,28H2/t19-/m1/s1. The summed E-state index contributed by atoms with van der Waals surface area (Å²) in [6.45, 7) is -2.94. The van der Waals surface area contributed by atoms with Crippen LogP contribution in [0, 0.1) is 11.3 Å². The zero-order valence-electron chi connectivity index (χ0n) is 17.0. The molecule has 4 aromatic rings. The molecule has 2 aromatic heterocycles. The lowest BCUT2D eigenvalue weighted by Crippen LogP contribution is -2.22. The fraction of sp³-hybridized carbons (Fsp3) is 0.0833. The molecule has 3 heterocycles. The highest BCUT2D eigenvalue weighted by atomic mass is 19.3. The number of fused-ring (bicyclic) bond motifs is 1. The summed E-state index contributed by atoms with van der Waals surface area (Å²) in [5, 5.41) is 14.6. The Hall–Kier alpha value is -4.58. The van der Waals surface area contributed by atoms with Gasteiger partial charge in [-0.3, -0.25) is 0 Å². The normalized spacial score (nSPS) is 15.2. The number of benzene rings is 2. The van der Waals surface area contributed by atoms with Gasteiger partial charge in [0.25, 0.3) is 0 Å². The van der Waals surface area contributed by atoms with Crippen LogP contribution in [0.4, 0.5) is 8.78 Å². The second-order valence-corrected chi connectivity index (χ2v) is 7.16. The SMILES string of the molecule is N#CC1=C(N)Oc2c(c(-c3ccco3)nn2-c2ccccc2)[C@@H]1c1ccc(OC(F)F)cc1. The highest BCUT2D eigenvalue weighted by Gasteiger charge is 2.38. The number of allylic oxidation sites excluding steroid dienone is 1. The van der Waals surface area contributed by atoms with Gasteiger partial charge in [0.1, 0.15) is 23.1 Å². The molecule has 0 saturated heterocycles. The van der Waals surface area contributed by atoms with Crippen molar-refractivity contribution in [3.8, 4) is 34.8 Å². The predicted octanol–water partition coefficient (Wildman–Crippen LogP) is 4.95. The van der Waals surface area contributed by atoms with E-state index in [1.165, 1.54) is 18.4 Å². The van der Waals surface area contributed by atoms with Gasteiger partial charge in [-0.15, -0.1) is 0 Å². The fourth-order valence-electron chi connectivity index (χ4n) is 3.85. The molecule has 0 saturated carbocycles. The van der Waals surface area contributed by atoms with Crippen molar-refractivity contribution < 1.29 is 22.7 Å². The molecule has 0 unspecified atom stereocenters. The largest absolute Gasteiger partial charge is 0.463 e. The Morgan fingerprint density at radius 3 is 2.45 bits per heavy atom. The number of nitrogens with two attached hydrogens (primary N) is 1. The number of para-hydroxylation sites is 1. The summed E-state index contributed by atoms with van der Waals surface area (Å²) in [7, 11) is 0. The molecule has 0 spiro atoms. The maximum atomic E-state index is 12.6. The lowest BCUT2D eigenvalue weighted by molar-refractivity contribution is -0.0498. The predicted molar refractivity (Wildman–Crippen MR) is 114 cm³/mol. The van der Waals surface area contributed by atoms with E-state index in [-0.39, 0.29) is 17.2 Å². The monoisotopic (exact) mass is 446 g/mol. The van der Waals surface area contributed by atoms with E-state index in [9.17, 15) is 14.0 Å². The van der Waals surface area contributed by atoms with Gasteiger partial charge in [-0.05, 0) is 42.0 Å². The molecule has 2 aromatic carbocycles. The van der Waals surface area contributed by atoms with E-state index in [1.807, 2.05) is 30.3 Å². The molecular weight excluding hydrogens is 430 g/mol. The van der Waals surface area contributed by atoms with Crippen LogP contribution >= 0.6 is 0 Å². The van der Waals surface area contributed by atoms with E-state index >= 15 is 0 Å². The van der Waals surface area contributed by atoms with Crippen molar-refractivity contribution in [2.45, 2.75) is 12.5 Å². The van der Waals surface area contributed by atoms with E-state index < -0.39 is 12.5 Å². The first kappa shape index (κ1) is 20.3. The van der Waals surface area contributed by atoms with Gasteiger partial charge in [-0.25, -0.2) is 0 Å². The third kappa shape index (κ3) is 3.57. The molecule has 0 aliphatic carbocycles. The number of furan rings is 1. The van der Waals surface area contributed by atoms with Crippen LogP contribution in [-0.2, 0) is 0 Å². The van der Waals surface area contributed by atoms with E-state index in [0.29, 0.717) is 28.5 Å². The van der Waals surface area contributed by atoms with Crippen LogP contribution in [0.5, 0.6) is 11.6 Å². The van der Waals surface area contributed by atoms with Crippen molar-refractivity contribution in [3.63, 3.8) is 0 Å². The van der Waals surface area contributed by atoms with Crippen LogP contribution in [0.3, 0.4) is 0 Å². The minimum atomic E-state index is -2.94. The van der Waals surface area contributed by atoms with Crippen molar-refractivity contribution in [1.29, 1.82) is 5.26 Å². The van der Waals surface area contributed by atoms with E-state index in [4.69, 9.17) is 20.0 Å². The van der Waals surface area contributed by atoms with Crippen molar-refractivity contribution in [3.05, 3.63) is 95.6 Å². The smallest absolute Gasteiger partial charge is 0.387 e. The fourth-order valence-corrected chi connectivity index (χ4v) is 3.85. The second-order valence-electron chi connectivity index (χ2n) is 7.16. The minimum absolute atomic E-state index is 0.00253. The van der Waals surface area contributed by atoms with Gasteiger partial charge >= 0.3 is 6.61 Å². The van der Waals surface area contributed by atoms with Crippen molar-refractivity contribution >= 4 is 0 Å². The van der Waals surface area contributed by atoms with Crippen LogP contribution in [0.15, 0.2) is 88.9 Å². The van der Waals surface area contributed by atoms with Crippen molar-refractivity contribution in [1.82, 2.24) is 9.78 Å². The van der Waals surface area contributed by atoms with Crippen LogP contribution in [-0.4, -0.2) is 16.4 Å². The summed E-state index contributed by atoms with van der Waals surface area (Å²) < 4.78 is 42.7. The quantitative estimate of drug-likeness (QED) is 0.466. The molecule has 0 fully saturated rings. The Balaban J connectivity index is 1.73. The number of halogens is 2. The highest BCUT2D eigenvalue weighted by molar-refractivity contribution is 5.69. The number of aromatic nitrogens is 2. The molecule has 0 radical (unpaired) electrons. The summed E-state index contributed by atoms with van der Waals surface area (Å²) in [5.74, 6) is 0.0811. The molecule has 1 aliphatic rings. The third-order valence-electron chi connectivity index (χ3n) is 5.24. The lowest BCUT2D eigenvalue weighted by atomic mass is 9.83. The number of hydrogen-bond acceptors (Lipinski definition) is 6. The van der Waals surface area contributed by atoms with Gasteiger partial charge in [-0.1, -0.05) is 30.3 Å². The molecule has 9 heteroatoms. The average molecular weight is 446 g/mol. The van der Waals surface area contributed by atoms with Gasteiger partial charge in [0.05, 0.1) is 23.4 Å². The molecule has 1 atom stereocenters. The number of nitriles is 1. The molecule has 5 rings (SSSR count). The van der Waals surface area contributed by atoms with Crippen LogP contribution in [0.25, 0.3) is 17.1 Å². The molecule has 0 bridgehead atoms. The minimum Gasteiger partial charge on any atom is -0.463 e. The van der Waals surface area contributed by atoms with Crippen LogP contribution in [0.1, 0.15) is 17.0 Å². The highest BCUT2D eigenvalue weighted by Crippen LogP contribution is 2.47. The van der Waals surface area contributed by atoms with Crippen molar-refractivity contribution in [2.24, 2.45) is 5.73 Å². The lowest BCUT2D eigenvalue weighted by Gasteiger charge is -2.25. The Labute approximate surface area is 186 Å². The summed E-state index contributed by atoms with van der Waals surface area (Å²) in [5.41, 5.74) is 8.71. The zero-order chi connectivity index (χ0) is 22.9. The Kier molecular flexibility index (Phi) is 5.03. The summed E-state index contributed by atoms with van der Waals surface area (Å²) in [4.78, 5) is 0. The molecule has 164 valence electrons. The molecular formula is C24H16F2N4O3. The molecule has 7 nitrogen and oxygen atoms in total. The van der Waals surface area contributed by atoms with E-state index in [2.05, 4.69) is 10.8 Å². The van der Waals surface area contributed by atoms with Gasteiger partial charge < -0.3 is 19.6 Å². The van der Waals surface area contributed by atoms with Gasteiger partial charge in [0, 0.05) is 0 Å². The van der Waals surface area contributed by atoms with E-state index in [0.717, 1.165) is 5.69 Å². The first-order chi connectivity index (χ1) is 16.1. The summed E-state index contributed by atoms with van der Waals surface area (Å²) in [6.07, 6.45) is 1.52. The van der Waals surface area contributed by atoms with Crippen LogP contribution in [0.2, 0.25) is 0 Å². The number of hydrogen-bond donors (Lipinski definition) is 1. The number of alkyl halides is 2. The van der Waals surface area contributed by atoms with Gasteiger partial charge in [0.15, 0.2) is 5.76 Å². The maximum Gasteiger partial charge on any atom is 0.387 e. The van der Waals surface area contributed by atoms with Crippen molar-refractivity contribution in [2.75, 3.05) is 0 Å². The van der Waals surface area contributed by atoms with Gasteiger partial charge in [0.2, 0.25) is 11.8 Å². The molecule has 33 heavy (non-hydrogen) atoms. The second kappa shape index (κ2) is 8.16. The average Bonchev–Trinajstić information content (AvgIpc) is 3.47. The van der Waals surface area contributed by atoms with Crippen LogP contribution < -0.4 is 15.2 Å². The number of ether oxygens (including phenoxy) is 2. The first-order valence-electron chi connectivity index (χ1n) is 9.91. The summed E-state index contributed by atoms with van der Waals surface area (Å²) in [6, 6.07) is 20.9. The number of rotatable bonds is 5.